The van der Waals surface area contributed by atoms with Crippen molar-refractivity contribution < 1.29 is 24.5 Å². The SMILES string of the molecule is CC(C)(C)OC(=O)Nc1ccc(CCC(=O)N2C[C@@H](O)[C@H](O)C2)cc1. The molecule has 0 radical (unpaired) electrons. The molecule has 0 saturated carbocycles. The third-order valence-electron chi connectivity index (χ3n) is 3.84. The molecular weight excluding hydrogens is 324 g/mol. The largest absolute Gasteiger partial charge is 0.444 e. The van der Waals surface area contributed by atoms with Crippen LogP contribution in [0.5, 0.6) is 0 Å². The summed E-state index contributed by atoms with van der Waals surface area (Å²) in [6.07, 6.45) is -1.38. The fourth-order valence-corrected chi connectivity index (χ4v) is 2.56. The molecule has 138 valence electrons. The van der Waals surface area contributed by atoms with Crippen LogP contribution in [0.2, 0.25) is 0 Å². The number of benzene rings is 1. The lowest BCUT2D eigenvalue weighted by Crippen LogP contribution is -2.29. The van der Waals surface area contributed by atoms with Crippen LogP contribution in [-0.2, 0) is 16.0 Å². The maximum atomic E-state index is 12.1. The van der Waals surface area contributed by atoms with Crippen molar-refractivity contribution in [3.8, 4) is 0 Å². The molecule has 1 heterocycles. The molecule has 2 amide bonds. The summed E-state index contributed by atoms with van der Waals surface area (Å²) in [6.45, 7) is 5.75. The Morgan fingerprint density at radius 3 is 2.24 bits per heavy atom. The van der Waals surface area contributed by atoms with E-state index in [1.54, 1.807) is 32.9 Å². The predicted octanol–water partition coefficient (Wildman–Crippen LogP) is 1.53. The van der Waals surface area contributed by atoms with Crippen molar-refractivity contribution in [2.45, 2.75) is 51.4 Å². The number of nitrogens with one attached hydrogen (secondary N) is 1. The quantitative estimate of drug-likeness (QED) is 0.765. The number of nitrogens with zero attached hydrogens (tertiary/aromatic N) is 1. The van der Waals surface area contributed by atoms with E-state index in [0.29, 0.717) is 18.5 Å². The Balaban J connectivity index is 1.80. The van der Waals surface area contributed by atoms with Gasteiger partial charge in [-0.3, -0.25) is 10.1 Å². The number of β-amino-alcohol motifs (C(OH)–C–C–N with tert-alkyl or cyclic N) is 2. The van der Waals surface area contributed by atoms with E-state index in [-0.39, 0.29) is 19.0 Å². The first kappa shape index (κ1) is 19.2. The summed E-state index contributed by atoms with van der Waals surface area (Å²) in [5, 5.41) is 21.6. The van der Waals surface area contributed by atoms with E-state index >= 15 is 0 Å². The first-order valence-electron chi connectivity index (χ1n) is 8.37. The molecule has 1 fully saturated rings. The van der Waals surface area contributed by atoms with Crippen LogP contribution >= 0.6 is 0 Å². The summed E-state index contributed by atoms with van der Waals surface area (Å²) in [5.74, 6) is -0.0912. The summed E-state index contributed by atoms with van der Waals surface area (Å²) in [4.78, 5) is 25.3. The number of likely N-dealkylation sites (tertiary alicyclic amines) is 1. The summed E-state index contributed by atoms with van der Waals surface area (Å²) in [7, 11) is 0. The van der Waals surface area contributed by atoms with Crippen LogP contribution < -0.4 is 5.32 Å². The minimum Gasteiger partial charge on any atom is -0.444 e. The highest BCUT2D eigenvalue weighted by atomic mass is 16.6. The second-order valence-corrected chi connectivity index (χ2v) is 7.26. The van der Waals surface area contributed by atoms with Gasteiger partial charge < -0.3 is 19.8 Å². The van der Waals surface area contributed by atoms with Crippen molar-refractivity contribution in [3.05, 3.63) is 29.8 Å². The maximum Gasteiger partial charge on any atom is 0.412 e. The van der Waals surface area contributed by atoms with E-state index in [1.807, 2.05) is 12.1 Å². The molecule has 0 unspecified atom stereocenters. The summed E-state index contributed by atoms with van der Waals surface area (Å²) in [6, 6.07) is 7.20. The van der Waals surface area contributed by atoms with Crippen LogP contribution in [0, 0.1) is 0 Å². The Hall–Kier alpha value is -2.12. The van der Waals surface area contributed by atoms with Crippen molar-refractivity contribution in [3.63, 3.8) is 0 Å². The van der Waals surface area contributed by atoms with Crippen molar-refractivity contribution in [2.75, 3.05) is 18.4 Å². The third kappa shape index (κ3) is 6.03. The number of hydrogen-bond acceptors (Lipinski definition) is 5. The molecule has 0 aliphatic carbocycles. The zero-order valence-electron chi connectivity index (χ0n) is 14.9. The molecular formula is C18H26N2O5. The number of rotatable bonds is 4. The Kier molecular flexibility index (Phi) is 6.02. The monoisotopic (exact) mass is 350 g/mol. The lowest BCUT2D eigenvalue weighted by molar-refractivity contribution is -0.130. The molecule has 1 aliphatic rings. The van der Waals surface area contributed by atoms with Crippen LogP contribution in [0.4, 0.5) is 10.5 Å². The maximum absolute atomic E-state index is 12.1. The topological polar surface area (TPSA) is 99.1 Å². The Bertz CT molecular complexity index is 599. The van der Waals surface area contributed by atoms with Gasteiger partial charge in [-0.25, -0.2) is 4.79 Å². The molecule has 1 aromatic carbocycles. The molecule has 0 spiro atoms. The average molecular weight is 350 g/mol. The van der Waals surface area contributed by atoms with Crippen LogP contribution in [0.25, 0.3) is 0 Å². The second-order valence-electron chi connectivity index (χ2n) is 7.26. The molecule has 25 heavy (non-hydrogen) atoms. The number of amides is 2. The van der Waals surface area contributed by atoms with Gasteiger partial charge >= 0.3 is 6.09 Å². The highest BCUT2D eigenvalue weighted by Gasteiger charge is 2.32. The first-order chi connectivity index (χ1) is 11.6. The zero-order valence-corrected chi connectivity index (χ0v) is 14.9. The number of aliphatic hydroxyl groups excluding tert-OH is 2. The van der Waals surface area contributed by atoms with E-state index in [4.69, 9.17) is 4.74 Å². The van der Waals surface area contributed by atoms with Crippen LogP contribution in [0.3, 0.4) is 0 Å². The highest BCUT2D eigenvalue weighted by Crippen LogP contribution is 2.16. The van der Waals surface area contributed by atoms with Gasteiger partial charge in [0, 0.05) is 25.2 Å². The molecule has 1 saturated heterocycles. The van der Waals surface area contributed by atoms with Crippen LogP contribution in [0.15, 0.2) is 24.3 Å². The lowest BCUT2D eigenvalue weighted by Gasteiger charge is -2.19. The van der Waals surface area contributed by atoms with Gasteiger partial charge in [0.2, 0.25) is 5.91 Å². The van der Waals surface area contributed by atoms with E-state index < -0.39 is 23.9 Å². The Morgan fingerprint density at radius 2 is 1.72 bits per heavy atom. The predicted molar refractivity (Wildman–Crippen MR) is 93.2 cm³/mol. The van der Waals surface area contributed by atoms with Gasteiger partial charge in [0.15, 0.2) is 0 Å². The van der Waals surface area contributed by atoms with Crippen LogP contribution in [-0.4, -0.2) is 58.0 Å². The molecule has 7 heteroatoms. The average Bonchev–Trinajstić information content (AvgIpc) is 2.84. The molecule has 3 N–H and O–H groups in total. The van der Waals surface area contributed by atoms with Gasteiger partial charge in [-0.2, -0.15) is 0 Å². The smallest absolute Gasteiger partial charge is 0.412 e. The van der Waals surface area contributed by atoms with Crippen molar-refractivity contribution in [2.24, 2.45) is 0 Å². The number of aryl methyl sites for hydroxylation is 1. The Morgan fingerprint density at radius 1 is 1.16 bits per heavy atom. The fraction of sp³-hybridized carbons (Fsp3) is 0.556. The normalized spacial score (nSPS) is 20.4. The number of carbonyl (C=O) groups is 2. The number of hydrogen-bond donors (Lipinski definition) is 3. The molecule has 2 atom stereocenters. The summed E-state index contributed by atoms with van der Waals surface area (Å²) < 4.78 is 5.18. The van der Waals surface area contributed by atoms with E-state index in [1.165, 1.54) is 4.90 Å². The third-order valence-corrected chi connectivity index (χ3v) is 3.84. The molecule has 7 nitrogen and oxygen atoms in total. The van der Waals surface area contributed by atoms with Crippen LogP contribution in [0.1, 0.15) is 32.8 Å². The van der Waals surface area contributed by atoms with Gasteiger partial charge in [0.1, 0.15) is 5.60 Å². The highest BCUT2D eigenvalue weighted by molar-refractivity contribution is 5.84. The molecule has 1 aliphatic heterocycles. The number of ether oxygens (including phenoxy) is 1. The minimum absolute atomic E-state index is 0.0912. The summed E-state index contributed by atoms with van der Waals surface area (Å²) in [5.41, 5.74) is 1.03. The van der Waals surface area contributed by atoms with E-state index in [9.17, 15) is 19.8 Å². The van der Waals surface area contributed by atoms with Crippen molar-refractivity contribution in [1.29, 1.82) is 0 Å². The van der Waals surface area contributed by atoms with Gasteiger partial charge in [-0.05, 0) is 44.9 Å². The van der Waals surface area contributed by atoms with E-state index in [0.717, 1.165) is 5.56 Å². The molecule has 2 rings (SSSR count). The number of aliphatic hydroxyl groups is 2. The number of carbonyl (C=O) groups excluding carboxylic acids is 2. The van der Waals surface area contributed by atoms with Gasteiger partial charge in [-0.15, -0.1) is 0 Å². The molecule has 1 aromatic rings. The summed E-state index contributed by atoms with van der Waals surface area (Å²) >= 11 is 0. The molecule has 0 bridgehead atoms. The van der Waals surface area contributed by atoms with Crippen molar-refractivity contribution in [1.82, 2.24) is 4.90 Å². The minimum atomic E-state index is -0.859. The standard InChI is InChI=1S/C18H26N2O5/c1-18(2,3)25-17(24)19-13-7-4-12(5-8-13)6-9-16(23)20-10-14(21)15(22)11-20/h4-5,7-8,14-15,21-22H,6,9-11H2,1-3H3,(H,19,24)/t14-,15-/m1/s1. The molecule has 0 aromatic heterocycles. The second kappa shape index (κ2) is 7.84. The first-order valence-corrected chi connectivity index (χ1v) is 8.37. The van der Waals surface area contributed by atoms with Gasteiger partial charge in [0.05, 0.1) is 12.2 Å². The fourth-order valence-electron chi connectivity index (χ4n) is 2.56. The van der Waals surface area contributed by atoms with Gasteiger partial charge in [-0.1, -0.05) is 12.1 Å². The lowest BCUT2D eigenvalue weighted by atomic mass is 10.1. The zero-order chi connectivity index (χ0) is 18.6. The van der Waals surface area contributed by atoms with Crippen molar-refractivity contribution >= 4 is 17.7 Å². The Labute approximate surface area is 147 Å². The van der Waals surface area contributed by atoms with Gasteiger partial charge in [0.25, 0.3) is 0 Å². The number of anilines is 1. The van der Waals surface area contributed by atoms with E-state index in [2.05, 4.69) is 5.32 Å².